The molecule has 0 bridgehead atoms. The van der Waals surface area contributed by atoms with Crippen LogP contribution in [0.4, 0.5) is 0 Å². The number of rotatable bonds is 11. The molecular weight excluding hydrogens is 344 g/mol. The second-order valence-corrected chi connectivity index (χ2v) is 8.11. The molecule has 2 aromatic carbocycles. The van der Waals surface area contributed by atoms with Crippen molar-refractivity contribution in [1.29, 1.82) is 0 Å². The SMILES string of the molecule is CCCCCCCOc1ccc2c(oc3c(C)c(CCCCC)ccc32)c1C. The highest BCUT2D eigenvalue weighted by molar-refractivity contribution is 6.07. The summed E-state index contributed by atoms with van der Waals surface area (Å²) in [5.41, 5.74) is 5.86. The third kappa shape index (κ3) is 4.54. The molecule has 152 valence electrons. The summed E-state index contributed by atoms with van der Waals surface area (Å²) in [5, 5.41) is 2.42. The number of unbranched alkanes of at least 4 members (excludes halogenated alkanes) is 6. The summed E-state index contributed by atoms with van der Waals surface area (Å²) >= 11 is 0. The largest absolute Gasteiger partial charge is 0.493 e. The standard InChI is InChI=1S/C26H36O2/c1-5-7-9-10-12-18-27-24-17-16-23-22-15-14-21(13-11-8-6-2)19(3)25(22)28-26(23)20(24)4/h14-17H,5-13,18H2,1-4H3. The monoisotopic (exact) mass is 380 g/mol. The molecule has 0 saturated carbocycles. The lowest BCUT2D eigenvalue weighted by Crippen LogP contribution is -1.98. The minimum Gasteiger partial charge on any atom is -0.493 e. The third-order valence-electron chi connectivity index (χ3n) is 5.92. The molecule has 3 rings (SSSR count). The molecule has 1 heterocycles. The van der Waals surface area contributed by atoms with Gasteiger partial charge in [0.25, 0.3) is 0 Å². The van der Waals surface area contributed by atoms with Crippen LogP contribution >= 0.6 is 0 Å². The summed E-state index contributed by atoms with van der Waals surface area (Å²) < 4.78 is 12.5. The van der Waals surface area contributed by atoms with Crippen molar-refractivity contribution >= 4 is 21.9 Å². The Morgan fingerprint density at radius 1 is 0.714 bits per heavy atom. The van der Waals surface area contributed by atoms with Gasteiger partial charge in [0, 0.05) is 16.3 Å². The summed E-state index contributed by atoms with van der Waals surface area (Å²) in [4.78, 5) is 0. The molecule has 0 aliphatic heterocycles. The van der Waals surface area contributed by atoms with Crippen LogP contribution in [0.15, 0.2) is 28.7 Å². The summed E-state index contributed by atoms with van der Waals surface area (Å²) in [7, 11) is 0. The highest BCUT2D eigenvalue weighted by atomic mass is 16.5. The van der Waals surface area contributed by atoms with Gasteiger partial charge in [-0.3, -0.25) is 0 Å². The lowest BCUT2D eigenvalue weighted by molar-refractivity contribution is 0.302. The van der Waals surface area contributed by atoms with Crippen LogP contribution in [0.2, 0.25) is 0 Å². The van der Waals surface area contributed by atoms with Crippen molar-refractivity contribution in [1.82, 2.24) is 0 Å². The fraction of sp³-hybridized carbons (Fsp3) is 0.538. The van der Waals surface area contributed by atoms with Gasteiger partial charge in [0.2, 0.25) is 0 Å². The van der Waals surface area contributed by atoms with E-state index in [1.807, 2.05) is 0 Å². The maximum absolute atomic E-state index is 6.38. The number of hydrogen-bond acceptors (Lipinski definition) is 2. The maximum Gasteiger partial charge on any atom is 0.142 e. The number of hydrogen-bond donors (Lipinski definition) is 0. The van der Waals surface area contributed by atoms with Crippen LogP contribution in [0.1, 0.15) is 81.9 Å². The topological polar surface area (TPSA) is 22.4 Å². The van der Waals surface area contributed by atoms with Crippen molar-refractivity contribution in [3.05, 3.63) is 41.0 Å². The van der Waals surface area contributed by atoms with E-state index in [1.165, 1.54) is 66.8 Å². The molecule has 0 fully saturated rings. The van der Waals surface area contributed by atoms with Gasteiger partial charge in [0.1, 0.15) is 16.9 Å². The molecule has 0 N–H and O–H groups in total. The Morgan fingerprint density at radius 2 is 1.36 bits per heavy atom. The van der Waals surface area contributed by atoms with Gasteiger partial charge in [0.15, 0.2) is 0 Å². The fourth-order valence-electron chi connectivity index (χ4n) is 4.08. The Kier molecular flexibility index (Phi) is 7.42. The van der Waals surface area contributed by atoms with Crippen LogP contribution in [0.25, 0.3) is 21.9 Å². The quantitative estimate of drug-likeness (QED) is 0.312. The minimum atomic E-state index is 0.789. The second kappa shape index (κ2) is 10.0. The first-order chi connectivity index (χ1) is 13.7. The zero-order valence-electron chi connectivity index (χ0n) is 18.2. The Bertz CT molecular complexity index is 904. The summed E-state index contributed by atoms with van der Waals surface area (Å²) in [6.07, 6.45) is 11.2. The van der Waals surface area contributed by atoms with Gasteiger partial charge in [-0.2, -0.15) is 0 Å². The van der Waals surface area contributed by atoms with E-state index in [2.05, 4.69) is 52.0 Å². The molecule has 0 amide bonds. The number of ether oxygens (including phenoxy) is 1. The van der Waals surface area contributed by atoms with Crippen LogP contribution in [0.5, 0.6) is 5.75 Å². The van der Waals surface area contributed by atoms with E-state index in [4.69, 9.17) is 9.15 Å². The highest BCUT2D eigenvalue weighted by Crippen LogP contribution is 2.37. The average Bonchev–Trinajstić information content (AvgIpc) is 3.08. The van der Waals surface area contributed by atoms with Crippen LogP contribution in [-0.4, -0.2) is 6.61 Å². The molecule has 0 spiro atoms. The molecule has 28 heavy (non-hydrogen) atoms. The minimum absolute atomic E-state index is 0.789. The van der Waals surface area contributed by atoms with Crippen LogP contribution in [-0.2, 0) is 6.42 Å². The predicted octanol–water partition coefficient (Wildman–Crippen LogP) is 8.28. The first-order valence-corrected chi connectivity index (χ1v) is 11.2. The second-order valence-electron chi connectivity index (χ2n) is 8.11. The molecule has 2 nitrogen and oxygen atoms in total. The Morgan fingerprint density at radius 3 is 2.11 bits per heavy atom. The highest BCUT2D eigenvalue weighted by Gasteiger charge is 2.15. The van der Waals surface area contributed by atoms with Crippen molar-refractivity contribution in [3.63, 3.8) is 0 Å². The predicted molar refractivity (Wildman–Crippen MR) is 121 cm³/mol. The lowest BCUT2D eigenvalue weighted by atomic mass is 9.99. The van der Waals surface area contributed by atoms with Crippen LogP contribution in [0, 0.1) is 13.8 Å². The molecule has 1 aromatic heterocycles. The fourth-order valence-corrected chi connectivity index (χ4v) is 4.08. The average molecular weight is 381 g/mol. The molecule has 0 aliphatic carbocycles. The molecule has 2 heteroatoms. The van der Waals surface area contributed by atoms with Gasteiger partial charge >= 0.3 is 0 Å². The number of fused-ring (bicyclic) bond motifs is 3. The van der Waals surface area contributed by atoms with Gasteiger partial charge in [-0.05, 0) is 56.4 Å². The van der Waals surface area contributed by atoms with Gasteiger partial charge < -0.3 is 9.15 Å². The smallest absolute Gasteiger partial charge is 0.142 e. The Hall–Kier alpha value is -1.96. The molecule has 3 aromatic rings. The lowest BCUT2D eigenvalue weighted by Gasteiger charge is -2.09. The van der Waals surface area contributed by atoms with E-state index in [0.717, 1.165) is 41.9 Å². The van der Waals surface area contributed by atoms with E-state index in [-0.39, 0.29) is 0 Å². The van der Waals surface area contributed by atoms with Crippen molar-refractivity contribution in [2.24, 2.45) is 0 Å². The Balaban J connectivity index is 1.80. The molecule has 0 aliphatic rings. The molecule has 0 radical (unpaired) electrons. The summed E-state index contributed by atoms with van der Waals surface area (Å²) in [6.45, 7) is 9.61. The number of benzene rings is 2. The van der Waals surface area contributed by atoms with Crippen molar-refractivity contribution in [3.8, 4) is 5.75 Å². The van der Waals surface area contributed by atoms with E-state index >= 15 is 0 Å². The normalized spacial score (nSPS) is 11.6. The first-order valence-electron chi connectivity index (χ1n) is 11.2. The maximum atomic E-state index is 6.38. The van der Waals surface area contributed by atoms with E-state index in [1.54, 1.807) is 0 Å². The first kappa shape index (κ1) is 20.8. The van der Waals surface area contributed by atoms with E-state index in [9.17, 15) is 0 Å². The number of aryl methyl sites for hydroxylation is 3. The van der Waals surface area contributed by atoms with Gasteiger partial charge in [-0.25, -0.2) is 0 Å². The zero-order chi connectivity index (χ0) is 19.9. The third-order valence-corrected chi connectivity index (χ3v) is 5.92. The molecule has 0 atom stereocenters. The van der Waals surface area contributed by atoms with Crippen molar-refractivity contribution in [2.45, 2.75) is 85.5 Å². The van der Waals surface area contributed by atoms with Crippen LogP contribution < -0.4 is 4.74 Å². The molecule has 0 unspecified atom stereocenters. The zero-order valence-corrected chi connectivity index (χ0v) is 18.2. The van der Waals surface area contributed by atoms with Crippen molar-refractivity contribution in [2.75, 3.05) is 6.61 Å². The molecule has 0 saturated heterocycles. The van der Waals surface area contributed by atoms with E-state index < -0.39 is 0 Å². The van der Waals surface area contributed by atoms with Crippen LogP contribution in [0.3, 0.4) is 0 Å². The Labute approximate surface area is 170 Å². The van der Waals surface area contributed by atoms with Gasteiger partial charge in [-0.15, -0.1) is 0 Å². The van der Waals surface area contributed by atoms with E-state index in [0.29, 0.717) is 0 Å². The number of furan rings is 1. The van der Waals surface area contributed by atoms with Gasteiger partial charge in [0.05, 0.1) is 6.61 Å². The van der Waals surface area contributed by atoms with Gasteiger partial charge in [-0.1, -0.05) is 64.5 Å². The molecular formula is C26H36O2. The van der Waals surface area contributed by atoms with Crippen molar-refractivity contribution < 1.29 is 9.15 Å². The summed E-state index contributed by atoms with van der Waals surface area (Å²) in [5.74, 6) is 0.961. The summed E-state index contributed by atoms with van der Waals surface area (Å²) in [6, 6.07) is 8.81.